The fourth-order valence-corrected chi connectivity index (χ4v) is 0.750. The number of esters is 2. The van der Waals surface area contributed by atoms with Crippen molar-refractivity contribution >= 4 is 29.5 Å². The first-order chi connectivity index (χ1) is 8.38. The van der Waals surface area contributed by atoms with Crippen molar-refractivity contribution in [1.82, 2.24) is 0 Å². The zero-order valence-corrected chi connectivity index (χ0v) is 9.25. The zero-order chi connectivity index (χ0) is 14.1. The Hall–Kier alpha value is -2.57. The van der Waals surface area contributed by atoms with E-state index in [1.54, 1.807) is 0 Å². The van der Waals surface area contributed by atoms with E-state index in [-0.39, 0.29) is 6.42 Å². The van der Waals surface area contributed by atoms with E-state index in [0.29, 0.717) is 6.08 Å². The molecule has 0 aromatic carbocycles. The first-order valence-electron chi connectivity index (χ1n) is 4.71. The molecule has 0 fully saturated rings. The van der Waals surface area contributed by atoms with Gasteiger partial charge in [0.2, 0.25) is 5.78 Å². The predicted octanol–water partition coefficient (Wildman–Crippen LogP) is -0.199. The van der Waals surface area contributed by atoms with Gasteiger partial charge < -0.3 is 9.84 Å². The number of hydrogen-bond acceptors (Lipinski definition) is 6. The molecule has 0 aromatic heterocycles. The Kier molecular flexibility index (Phi) is 6.57. The SMILES string of the molecule is C=CCC(=O)C(=O)OC(=O)C/C=C/C(=O)C(=O)O. The molecular formula is C11H10O7. The summed E-state index contributed by atoms with van der Waals surface area (Å²) in [6.07, 6.45) is 2.01. The van der Waals surface area contributed by atoms with Crippen molar-refractivity contribution in [2.24, 2.45) is 0 Å². The van der Waals surface area contributed by atoms with E-state index in [0.717, 1.165) is 6.08 Å². The number of carbonyl (C=O) groups excluding carboxylic acids is 4. The molecule has 0 bridgehead atoms. The van der Waals surface area contributed by atoms with Crippen molar-refractivity contribution in [2.75, 3.05) is 0 Å². The molecule has 7 nitrogen and oxygen atoms in total. The van der Waals surface area contributed by atoms with Gasteiger partial charge in [-0.2, -0.15) is 0 Å². The van der Waals surface area contributed by atoms with Crippen LogP contribution in [0.5, 0.6) is 0 Å². The monoisotopic (exact) mass is 254 g/mol. The van der Waals surface area contributed by atoms with Gasteiger partial charge in [-0.1, -0.05) is 12.2 Å². The molecule has 1 N–H and O–H groups in total. The third kappa shape index (κ3) is 6.11. The molecule has 0 spiro atoms. The van der Waals surface area contributed by atoms with Crippen molar-refractivity contribution in [3.63, 3.8) is 0 Å². The zero-order valence-electron chi connectivity index (χ0n) is 9.25. The molecule has 0 aliphatic heterocycles. The first-order valence-corrected chi connectivity index (χ1v) is 4.71. The topological polar surface area (TPSA) is 115 Å². The average molecular weight is 254 g/mol. The summed E-state index contributed by atoms with van der Waals surface area (Å²) in [4.78, 5) is 53.5. The van der Waals surface area contributed by atoms with Gasteiger partial charge in [0.05, 0.1) is 6.42 Å². The molecule has 0 radical (unpaired) electrons. The van der Waals surface area contributed by atoms with Crippen LogP contribution in [-0.4, -0.2) is 34.6 Å². The van der Waals surface area contributed by atoms with Crippen LogP contribution in [-0.2, 0) is 28.7 Å². The second-order valence-electron chi connectivity index (χ2n) is 2.95. The van der Waals surface area contributed by atoms with Crippen LogP contribution < -0.4 is 0 Å². The molecule has 0 aliphatic rings. The lowest BCUT2D eigenvalue weighted by Gasteiger charge is -1.98. The molecule has 0 aliphatic carbocycles. The van der Waals surface area contributed by atoms with Gasteiger partial charge in [0.25, 0.3) is 5.78 Å². The van der Waals surface area contributed by atoms with E-state index in [1.807, 2.05) is 0 Å². The van der Waals surface area contributed by atoms with Gasteiger partial charge in [0, 0.05) is 6.42 Å². The van der Waals surface area contributed by atoms with Gasteiger partial charge in [0.1, 0.15) is 0 Å². The molecule has 0 amide bonds. The van der Waals surface area contributed by atoms with Crippen LogP contribution in [0.15, 0.2) is 24.8 Å². The fourth-order valence-electron chi connectivity index (χ4n) is 0.750. The smallest absolute Gasteiger partial charge is 0.382 e. The first kappa shape index (κ1) is 15.4. The molecule has 0 saturated carbocycles. The van der Waals surface area contributed by atoms with E-state index in [1.165, 1.54) is 6.08 Å². The summed E-state index contributed by atoms with van der Waals surface area (Å²) in [5.41, 5.74) is 0. The normalized spacial score (nSPS) is 9.78. The van der Waals surface area contributed by atoms with Gasteiger partial charge in [-0.15, -0.1) is 6.58 Å². The Morgan fingerprint density at radius 2 is 1.72 bits per heavy atom. The highest BCUT2D eigenvalue weighted by molar-refractivity contribution is 6.37. The van der Waals surface area contributed by atoms with Crippen molar-refractivity contribution in [2.45, 2.75) is 12.8 Å². The third-order valence-electron chi connectivity index (χ3n) is 1.53. The average Bonchev–Trinajstić information content (AvgIpc) is 2.28. The molecule has 0 rings (SSSR count). The molecule has 18 heavy (non-hydrogen) atoms. The Bertz CT molecular complexity index is 431. The number of carboxylic acids is 1. The Morgan fingerprint density at radius 3 is 2.22 bits per heavy atom. The molecule has 0 aromatic rings. The highest BCUT2D eigenvalue weighted by Gasteiger charge is 2.17. The Labute approximate surface area is 102 Å². The summed E-state index contributed by atoms with van der Waals surface area (Å²) < 4.78 is 4.12. The van der Waals surface area contributed by atoms with Crippen molar-refractivity contribution in [3.8, 4) is 0 Å². The van der Waals surface area contributed by atoms with Crippen molar-refractivity contribution < 1.29 is 33.8 Å². The van der Waals surface area contributed by atoms with Gasteiger partial charge in [-0.3, -0.25) is 14.4 Å². The molecule has 0 atom stereocenters. The number of carbonyl (C=O) groups is 5. The van der Waals surface area contributed by atoms with E-state index < -0.39 is 35.9 Å². The largest absolute Gasteiger partial charge is 0.475 e. The highest BCUT2D eigenvalue weighted by atomic mass is 16.6. The Balaban J connectivity index is 4.17. The predicted molar refractivity (Wildman–Crippen MR) is 57.3 cm³/mol. The molecule has 96 valence electrons. The number of hydrogen-bond donors (Lipinski definition) is 1. The lowest BCUT2D eigenvalue weighted by Crippen LogP contribution is -2.20. The maximum Gasteiger partial charge on any atom is 0.382 e. The lowest BCUT2D eigenvalue weighted by molar-refractivity contribution is -0.163. The molecule has 0 unspecified atom stereocenters. The van der Waals surface area contributed by atoms with Crippen LogP contribution >= 0.6 is 0 Å². The summed E-state index contributed by atoms with van der Waals surface area (Å²) in [5.74, 6) is -6.19. The minimum atomic E-state index is -1.67. The number of ether oxygens (including phenoxy) is 1. The second kappa shape index (κ2) is 7.66. The van der Waals surface area contributed by atoms with E-state index in [9.17, 15) is 24.0 Å². The van der Waals surface area contributed by atoms with Crippen LogP contribution in [0.2, 0.25) is 0 Å². The molecule has 7 heteroatoms. The lowest BCUT2D eigenvalue weighted by atomic mass is 10.3. The summed E-state index contributed by atoms with van der Waals surface area (Å²) in [6, 6.07) is 0. The van der Waals surface area contributed by atoms with Gasteiger partial charge >= 0.3 is 17.9 Å². The number of Topliss-reactive ketones (excluding diaryl/α,β-unsaturated/α-hetero) is 1. The molecule has 0 heterocycles. The highest BCUT2D eigenvalue weighted by Crippen LogP contribution is 1.94. The summed E-state index contributed by atoms with van der Waals surface area (Å²) in [5, 5.41) is 8.20. The van der Waals surface area contributed by atoms with E-state index >= 15 is 0 Å². The summed E-state index contributed by atoms with van der Waals surface area (Å²) in [7, 11) is 0. The maximum absolute atomic E-state index is 11.0. The van der Waals surface area contributed by atoms with E-state index in [2.05, 4.69) is 11.3 Å². The van der Waals surface area contributed by atoms with Crippen molar-refractivity contribution in [3.05, 3.63) is 24.8 Å². The number of ketones is 2. The van der Waals surface area contributed by atoms with Crippen LogP contribution in [0.4, 0.5) is 0 Å². The summed E-state index contributed by atoms with van der Waals surface area (Å²) >= 11 is 0. The van der Waals surface area contributed by atoms with Crippen LogP contribution in [0.25, 0.3) is 0 Å². The Morgan fingerprint density at radius 1 is 1.11 bits per heavy atom. The van der Waals surface area contributed by atoms with Gasteiger partial charge in [-0.05, 0) is 6.08 Å². The quantitative estimate of drug-likeness (QED) is 0.220. The fraction of sp³-hybridized carbons (Fsp3) is 0.182. The van der Waals surface area contributed by atoms with Crippen LogP contribution in [0.1, 0.15) is 12.8 Å². The standard InChI is InChI=1S/C11H10O7/c1-2-4-8(13)11(17)18-9(14)6-3-5-7(12)10(15)16/h2-3,5H,1,4,6H2,(H,15,16)/b5-3+. The molecule has 0 saturated heterocycles. The minimum absolute atomic E-state index is 0.251. The number of rotatable bonds is 7. The molecular weight excluding hydrogens is 244 g/mol. The van der Waals surface area contributed by atoms with Crippen LogP contribution in [0.3, 0.4) is 0 Å². The van der Waals surface area contributed by atoms with Gasteiger partial charge in [-0.25, -0.2) is 9.59 Å². The van der Waals surface area contributed by atoms with Gasteiger partial charge in [0.15, 0.2) is 0 Å². The second-order valence-corrected chi connectivity index (χ2v) is 2.95. The summed E-state index contributed by atoms with van der Waals surface area (Å²) in [6.45, 7) is 3.23. The van der Waals surface area contributed by atoms with Crippen molar-refractivity contribution in [1.29, 1.82) is 0 Å². The number of carboxylic acid groups (broad SMARTS) is 1. The number of aliphatic carboxylic acids is 1. The maximum atomic E-state index is 11.0. The minimum Gasteiger partial charge on any atom is -0.475 e. The van der Waals surface area contributed by atoms with E-state index in [4.69, 9.17) is 5.11 Å². The number of allylic oxidation sites excluding steroid dienone is 1. The third-order valence-corrected chi connectivity index (χ3v) is 1.53. The van der Waals surface area contributed by atoms with Crippen LogP contribution in [0, 0.1) is 0 Å².